The zero-order valence-corrected chi connectivity index (χ0v) is 14.9. The summed E-state index contributed by atoms with van der Waals surface area (Å²) in [4.78, 5) is 28.7. The topological polar surface area (TPSA) is 78.1 Å². The van der Waals surface area contributed by atoms with Gasteiger partial charge in [-0.3, -0.25) is 14.7 Å². The van der Waals surface area contributed by atoms with Crippen molar-refractivity contribution in [3.63, 3.8) is 0 Å². The zero-order chi connectivity index (χ0) is 17.3. The van der Waals surface area contributed by atoms with E-state index in [1.807, 2.05) is 39.0 Å². The van der Waals surface area contributed by atoms with E-state index in [1.54, 1.807) is 16.2 Å². The first-order valence-electron chi connectivity index (χ1n) is 8.18. The maximum Gasteiger partial charge on any atom is 0.248 e. The third-order valence-corrected chi connectivity index (χ3v) is 5.21. The summed E-state index contributed by atoms with van der Waals surface area (Å²) in [6, 6.07) is 5.45. The van der Waals surface area contributed by atoms with Gasteiger partial charge < -0.3 is 10.2 Å². The standard InChI is InChI=1S/C17H22N4O2S/c1-10(2)16(21-8-4-5-15(21)22)17(23)18-14-9-12(19-20-14)13-7-6-11(3)24-13/h6-7,9-10,16H,4-5,8H2,1-3H3,(H2,18,19,20,23). The Bertz CT molecular complexity index is 749. The molecule has 128 valence electrons. The van der Waals surface area contributed by atoms with Crippen molar-refractivity contribution in [2.75, 3.05) is 11.9 Å². The van der Waals surface area contributed by atoms with E-state index in [2.05, 4.69) is 15.5 Å². The van der Waals surface area contributed by atoms with Gasteiger partial charge >= 0.3 is 0 Å². The molecule has 0 spiro atoms. The molecular formula is C17H22N4O2S. The van der Waals surface area contributed by atoms with Crippen molar-refractivity contribution in [3.05, 3.63) is 23.1 Å². The minimum absolute atomic E-state index is 0.0467. The van der Waals surface area contributed by atoms with E-state index in [0.717, 1.165) is 17.0 Å². The lowest BCUT2D eigenvalue weighted by Crippen LogP contribution is -2.48. The van der Waals surface area contributed by atoms with Crippen LogP contribution in [0.15, 0.2) is 18.2 Å². The number of H-pyrrole nitrogens is 1. The zero-order valence-electron chi connectivity index (χ0n) is 14.1. The van der Waals surface area contributed by atoms with Crippen molar-refractivity contribution in [3.8, 4) is 10.6 Å². The number of rotatable bonds is 5. The summed E-state index contributed by atoms with van der Waals surface area (Å²) in [5, 5.41) is 9.98. The van der Waals surface area contributed by atoms with E-state index < -0.39 is 6.04 Å². The third-order valence-electron chi connectivity index (χ3n) is 4.18. The van der Waals surface area contributed by atoms with Crippen LogP contribution in [0.25, 0.3) is 10.6 Å². The smallest absolute Gasteiger partial charge is 0.248 e. The quantitative estimate of drug-likeness (QED) is 0.873. The van der Waals surface area contributed by atoms with Gasteiger partial charge in [-0.15, -0.1) is 11.3 Å². The predicted molar refractivity (Wildman–Crippen MR) is 94.8 cm³/mol. The van der Waals surface area contributed by atoms with Gasteiger partial charge in [-0.05, 0) is 31.4 Å². The van der Waals surface area contributed by atoms with Crippen molar-refractivity contribution < 1.29 is 9.59 Å². The van der Waals surface area contributed by atoms with Crippen LogP contribution in [0.5, 0.6) is 0 Å². The highest BCUT2D eigenvalue weighted by molar-refractivity contribution is 7.15. The molecule has 0 bridgehead atoms. The van der Waals surface area contributed by atoms with Crippen molar-refractivity contribution >= 4 is 29.0 Å². The first kappa shape index (κ1) is 16.7. The Morgan fingerprint density at radius 2 is 2.21 bits per heavy atom. The fourth-order valence-corrected chi connectivity index (χ4v) is 3.89. The van der Waals surface area contributed by atoms with Crippen LogP contribution < -0.4 is 5.32 Å². The molecule has 0 aliphatic carbocycles. The fourth-order valence-electron chi connectivity index (χ4n) is 3.06. The van der Waals surface area contributed by atoms with E-state index in [4.69, 9.17) is 0 Å². The number of carbonyl (C=O) groups excluding carboxylic acids is 2. The molecule has 3 rings (SSSR count). The average Bonchev–Trinajstić information content (AvgIpc) is 3.22. The molecule has 2 amide bonds. The van der Waals surface area contributed by atoms with Crippen molar-refractivity contribution in [2.45, 2.75) is 39.7 Å². The molecule has 7 heteroatoms. The number of aryl methyl sites for hydroxylation is 1. The monoisotopic (exact) mass is 346 g/mol. The lowest BCUT2D eigenvalue weighted by molar-refractivity contribution is -0.136. The number of carbonyl (C=O) groups is 2. The lowest BCUT2D eigenvalue weighted by atomic mass is 10.0. The van der Waals surface area contributed by atoms with Gasteiger partial charge in [-0.25, -0.2) is 0 Å². The molecule has 0 radical (unpaired) electrons. The van der Waals surface area contributed by atoms with E-state index >= 15 is 0 Å². The lowest BCUT2D eigenvalue weighted by Gasteiger charge is -2.29. The number of aromatic nitrogens is 2. The molecule has 1 saturated heterocycles. The summed E-state index contributed by atoms with van der Waals surface area (Å²) in [7, 11) is 0. The number of anilines is 1. The molecule has 2 N–H and O–H groups in total. The maximum atomic E-state index is 12.7. The van der Waals surface area contributed by atoms with E-state index in [1.165, 1.54) is 4.88 Å². The molecule has 24 heavy (non-hydrogen) atoms. The van der Waals surface area contributed by atoms with Gasteiger partial charge in [0.15, 0.2) is 5.82 Å². The summed E-state index contributed by atoms with van der Waals surface area (Å²) in [6.45, 7) is 6.61. The SMILES string of the molecule is Cc1ccc(-c2cc(NC(=O)C(C(C)C)N3CCCC3=O)n[nH]2)s1. The van der Waals surface area contributed by atoms with Crippen molar-refractivity contribution in [1.29, 1.82) is 0 Å². The van der Waals surface area contributed by atoms with Gasteiger partial charge in [0.2, 0.25) is 11.8 Å². The van der Waals surface area contributed by atoms with Crippen molar-refractivity contribution in [2.24, 2.45) is 5.92 Å². The molecule has 1 unspecified atom stereocenters. The van der Waals surface area contributed by atoms with E-state index in [-0.39, 0.29) is 17.7 Å². The molecule has 0 saturated carbocycles. The van der Waals surface area contributed by atoms with E-state index in [0.29, 0.717) is 18.8 Å². The second-order valence-corrected chi connectivity index (χ2v) is 7.73. The van der Waals surface area contributed by atoms with Crippen LogP contribution in [0.3, 0.4) is 0 Å². The Kier molecular flexibility index (Phi) is 4.71. The number of aromatic amines is 1. The fraction of sp³-hybridized carbons (Fsp3) is 0.471. The molecule has 6 nitrogen and oxygen atoms in total. The summed E-state index contributed by atoms with van der Waals surface area (Å²) in [5.41, 5.74) is 0.877. The van der Waals surface area contributed by atoms with Gasteiger partial charge in [0.25, 0.3) is 0 Å². The highest BCUT2D eigenvalue weighted by atomic mass is 32.1. The van der Waals surface area contributed by atoms with Crippen LogP contribution in [0.4, 0.5) is 5.82 Å². The van der Waals surface area contributed by atoms with Gasteiger partial charge in [-0.2, -0.15) is 5.10 Å². The summed E-state index contributed by atoms with van der Waals surface area (Å²) in [5.74, 6) is 0.407. The van der Waals surface area contributed by atoms with Gasteiger partial charge in [0.05, 0.1) is 10.6 Å². The molecule has 1 aliphatic rings. The first-order valence-corrected chi connectivity index (χ1v) is 9.00. The Hall–Kier alpha value is -2.15. The maximum absolute atomic E-state index is 12.7. The summed E-state index contributed by atoms with van der Waals surface area (Å²) in [6.07, 6.45) is 1.35. The number of hydrogen-bond donors (Lipinski definition) is 2. The van der Waals surface area contributed by atoms with Crippen LogP contribution in [-0.4, -0.2) is 39.5 Å². The first-order chi connectivity index (χ1) is 11.5. The summed E-state index contributed by atoms with van der Waals surface area (Å²) < 4.78 is 0. The van der Waals surface area contributed by atoms with Crippen LogP contribution in [0.2, 0.25) is 0 Å². The molecule has 2 aromatic rings. The van der Waals surface area contributed by atoms with Crippen LogP contribution in [-0.2, 0) is 9.59 Å². The number of nitrogens with zero attached hydrogens (tertiary/aromatic N) is 2. The highest BCUT2D eigenvalue weighted by Gasteiger charge is 2.35. The third kappa shape index (κ3) is 3.36. The number of hydrogen-bond acceptors (Lipinski definition) is 4. The molecule has 1 fully saturated rings. The molecule has 3 heterocycles. The highest BCUT2D eigenvalue weighted by Crippen LogP contribution is 2.28. The Morgan fingerprint density at radius 1 is 1.42 bits per heavy atom. The Morgan fingerprint density at radius 3 is 2.79 bits per heavy atom. The minimum atomic E-state index is -0.455. The predicted octanol–water partition coefficient (Wildman–Crippen LogP) is 3.03. The number of nitrogens with one attached hydrogen (secondary N) is 2. The van der Waals surface area contributed by atoms with Gasteiger partial charge in [-0.1, -0.05) is 13.8 Å². The second-order valence-electron chi connectivity index (χ2n) is 6.45. The molecule has 1 atom stereocenters. The number of likely N-dealkylation sites (tertiary alicyclic amines) is 1. The summed E-state index contributed by atoms with van der Waals surface area (Å²) >= 11 is 1.67. The Balaban J connectivity index is 1.73. The molecular weight excluding hydrogens is 324 g/mol. The van der Waals surface area contributed by atoms with Crippen LogP contribution in [0, 0.1) is 12.8 Å². The second kappa shape index (κ2) is 6.76. The molecule has 0 aromatic carbocycles. The Labute approximate surface area is 145 Å². The van der Waals surface area contributed by atoms with E-state index in [9.17, 15) is 9.59 Å². The number of amides is 2. The van der Waals surface area contributed by atoms with Gasteiger partial charge in [0, 0.05) is 23.9 Å². The normalized spacial score (nSPS) is 16.0. The number of thiophene rings is 1. The van der Waals surface area contributed by atoms with Crippen molar-refractivity contribution in [1.82, 2.24) is 15.1 Å². The van der Waals surface area contributed by atoms with Crippen LogP contribution in [0.1, 0.15) is 31.6 Å². The largest absolute Gasteiger partial charge is 0.330 e. The molecule has 2 aromatic heterocycles. The van der Waals surface area contributed by atoms with Crippen LogP contribution >= 0.6 is 11.3 Å². The van der Waals surface area contributed by atoms with Gasteiger partial charge in [0.1, 0.15) is 6.04 Å². The average molecular weight is 346 g/mol. The molecule has 1 aliphatic heterocycles. The minimum Gasteiger partial charge on any atom is -0.330 e.